The molecule has 1 aromatic heterocycles. The number of ether oxygens (including phenoxy) is 1. The number of furan rings is 1. The van der Waals surface area contributed by atoms with Gasteiger partial charge in [-0.25, -0.2) is 4.79 Å². The van der Waals surface area contributed by atoms with Gasteiger partial charge in [-0.2, -0.15) is 0 Å². The molecule has 1 aliphatic carbocycles. The molecular formula is C17H18O4. The molecule has 1 heterocycles. The molecule has 3 rings (SSSR count). The molecule has 4 nitrogen and oxygen atoms in total. The second-order valence-corrected chi connectivity index (χ2v) is 5.46. The highest BCUT2D eigenvalue weighted by molar-refractivity contribution is 5.86. The van der Waals surface area contributed by atoms with Gasteiger partial charge in [0.1, 0.15) is 18.1 Å². The summed E-state index contributed by atoms with van der Waals surface area (Å²) in [5.41, 5.74) is 3.39. The molecule has 0 amide bonds. The van der Waals surface area contributed by atoms with Crippen molar-refractivity contribution in [3.8, 4) is 5.75 Å². The highest BCUT2D eigenvalue weighted by Crippen LogP contribution is 2.26. The third kappa shape index (κ3) is 2.94. The Bertz CT molecular complexity index is 669. The number of carboxylic acid groups (broad SMARTS) is 1. The average molecular weight is 286 g/mol. The Hall–Kier alpha value is -2.23. The van der Waals surface area contributed by atoms with Crippen LogP contribution in [0.1, 0.15) is 45.8 Å². The number of aryl methyl sites for hydroxylation is 3. The van der Waals surface area contributed by atoms with Gasteiger partial charge in [0.25, 0.3) is 0 Å². The van der Waals surface area contributed by atoms with E-state index in [1.165, 1.54) is 24.0 Å². The third-order valence-corrected chi connectivity index (χ3v) is 3.86. The summed E-state index contributed by atoms with van der Waals surface area (Å²) < 4.78 is 11.0. The first kappa shape index (κ1) is 13.7. The van der Waals surface area contributed by atoms with Gasteiger partial charge >= 0.3 is 5.97 Å². The SMILES string of the molecule is Cc1cc(COc2ccc3c(c2)CCCC3)oc1C(=O)O. The first-order valence-electron chi connectivity index (χ1n) is 7.20. The molecule has 0 radical (unpaired) electrons. The molecule has 21 heavy (non-hydrogen) atoms. The number of benzene rings is 1. The van der Waals surface area contributed by atoms with Crippen molar-refractivity contribution in [2.75, 3.05) is 0 Å². The standard InChI is InChI=1S/C17H18O4/c1-11-8-15(21-16(11)17(18)19)10-20-14-7-6-12-4-2-3-5-13(12)9-14/h6-9H,2-5,10H2,1H3,(H,18,19). The number of fused-ring (bicyclic) bond motifs is 1. The van der Waals surface area contributed by atoms with E-state index in [1.807, 2.05) is 6.07 Å². The fraction of sp³-hybridized carbons (Fsp3) is 0.353. The van der Waals surface area contributed by atoms with Crippen LogP contribution in [-0.2, 0) is 19.4 Å². The smallest absolute Gasteiger partial charge is 0.372 e. The minimum atomic E-state index is -1.05. The van der Waals surface area contributed by atoms with Gasteiger partial charge in [-0.05, 0) is 61.9 Å². The van der Waals surface area contributed by atoms with Gasteiger partial charge < -0.3 is 14.3 Å². The van der Waals surface area contributed by atoms with E-state index in [1.54, 1.807) is 13.0 Å². The number of carboxylic acids is 1. The first-order valence-corrected chi connectivity index (χ1v) is 7.20. The fourth-order valence-corrected chi connectivity index (χ4v) is 2.79. The number of hydrogen-bond donors (Lipinski definition) is 1. The third-order valence-electron chi connectivity index (χ3n) is 3.86. The molecule has 1 aromatic carbocycles. The Labute approximate surface area is 123 Å². The zero-order chi connectivity index (χ0) is 14.8. The van der Waals surface area contributed by atoms with Crippen molar-refractivity contribution >= 4 is 5.97 Å². The Balaban J connectivity index is 1.70. The summed E-state index contributed by atoms with van der Waals surface area (Å²) in [6, 6.07) is 7.89. The van der Waals surface area contributed by atoms with Crippen molar-refractivity contribution < 1.29 is 19.1 Å². The van der Waals surface area contributed by atoms with Gasteiger partial charge in [-0.15, -0.1) is 0 Å². The van der Waals surface area contributed by atoms with Crippen molar-refractivity contribution in [2.45, 2.75) is 39.2 Å². The molecular weight excluding hydrogens is 268 g/mol. The van der Waals surface area contributed by atoms with Crippen molar-refractivity contribution in [1.29, 1.82) is 0 Å². The predicted octanol–water partition coefficient (Wildman–Crippen LogP) is 3.74. The molecule has 0 spiro atoms. The van der Waals surface area contributed by atoms with E-state index < -0.39 is 5.97 Å². The molecule has 0 atom stereocenters. The average Bonchev–Trinajstić information content (AvgIpc) is 2.86. The van der Waals surface area contributed by atoms with Gasteiger partial charge in [-0.1, -0.05) is 6.07 Å². The number of rotatable bonds is 4. The normalized spacial score (nSPS) is 13.8. The van der Waals surface area contributed by atoms with Crippen LogP contribution in [0.2, 0.25) is 0 Å². The van der Waals surface area contributed by atoms with Gasteiger partial charge in [-0.3, -0.25) is 0 Å². The molecule has 2 aromatic rings. The second kappa shape index (κ2) is 5.64. The van der Waals surface area contributed by atoms with Gasteiger partial charge in [0.05, 0.1) is 0 Å². The Morgan fingerprint density at radius 1 is 1.24 bits per heavy atom. The molecule has 4 heteroatoms. The summed E-state index contributed by atoms with van der Waals surface area (Å²) >= 11 is 0. The summed E-state index contributed by atoms with van der Waals surface area (Å²) in [4.78, 5) is 10.9. The van der Waals surface area contributed by atoms with E-state index in [9.17, 15) is 4.79 Å². The Kier molecular flexibility index (Phi) is 3.69. The molecule has 0 saturated carbocycles. The summed E-state index contributed by atoms with van der Waals surface area (Å²) in [6.07, 6.45) is 4.75. The molecule has 0 aliphatic heterocycles. The predicted molar refractivity (Wildman–Crippen MR) is 77.8 cm³/mol. The van der Waals surface area contributed by atoms with Crippen LogP contribution in [0, 0.1) is 6.92 Å². The van der Waals surface area contributed by atoms with Crippen LogP contribution >= 0.6 is 0 Å². The first-order chi connectivity index (χ1) is 10.1. The van der Waals surface area contributed by atoms with Gasteiger partial charge in [0.2, 0.25) is 5.76 Å². The maximum absolute atomic E-state index is 10.9. The van der Waals surface area contributed by atoms with Crippen molar-refractivity contribution in [3.63, 3.8) is 0 Å². The fourth-order valence-electron chi connectivity index (χ4n) is 2.79. The van der Waals surface area contributed by atoms with Crippen molar-refractivity contribution in [2.24, 2.45) is 0 Å². The van der Waals surface area contributed by atoms with Gasteiger partial charge in [0, 0.05) is 5.56 Å². The minimum absolute atomic E-state index is 0.0148. The van der Waals surface area contributed by atoms with Crippen LogP contribution < -0.4 is 4.74 Å². The van der Waals surface area contributed by atoms with E-state index in [2.05, 4.69) is 12.1 Å². The summed E-state index contributed by atoms with van der Waals surface area (Å²) in [7, 11) is 0. The maximum Gasteiger partial charge on any atom is 0.372 e. The van der Waals surface area contributed by atoms with E-state index in [0.29, 0.717) is 11.3 Å². The number of carbonyl (C=O) groups is 1. The van der Waals surface area contributed by atoms with E-state index in [-0.39, 0.29) is 12.4 Å². The second-order valence-electron chi connectivity index (χ2n) is 5.46. The van der Waals surface area contributed by atoms with Crippen molar-refractivity contribution in [3.05, 3.63) is 52.5 Å². The van der Waals surface area contributed by atoms with Crippen LogP contribution in [0.25, 0.3) is 0 Å². The van der Waals surface area contributed by atoms with E-state index in [0.717, 1.165) is 18.6 Å². The largest absolute Gasteiger partial charge is 0.486 e. The highest BCUT2D eigenvalue weighted by atomic mass is 16.5. The summed E-state index contributed by atoms with van der Waals surface area (Å²) in [5.74, 6) is 0.274. The molecule has 1 aliphatic rings. The number of aromatic carboxylic acids is 1. The molecule has 0 bridgehead atoms. The lowest BCUT2D eigenvalue weighted by molar-refractivity contribution is 0.0657. The number of hydrogen-bond acceptors (Lipinski definition) is 3. The maximum atomic E-state index is 10.9. The summed E-state index contributed by atoms with van der Waals surface area (Å²) in [6.45, 7) is 1.96. The Morgan fingerprint density at radius 2 is 2.00 bits per heavy atom. The van der Waals surface area contributed by atoms with Crippen LogP contribution in [0.15, 0.2) is 28.7 Å². The molecule has 110 valence electrons. The lowest BCUT2D eigenvalue weighted by Gasteiger charge is -2.16. The summed E-state index contributed by atoms with van der Waals surface area (Å²) in [5, 5.41) is 8.96. The van der Waals surface area contributed by atoms with Crippen LogP contribution in [0.4, 0.5) is 0 Å². The minimum Gasteiger partial charge on any atom is -0.486 e. The van der Waals surface area contributed by atoms with E-state index in [4.69, 9.17) is 14.3 Å². The zero-order valence-electron chi connectivity index (χ0n) is 12.0. The highest BCUT2D eigenvalue weighted by Gasteiger charge is 2.15. The molecule has 0 saturated heterocycles. The molecule has 1 N–H and O–H groups in total. The quantitative estimate of drug-likeness (QED) is 0.930. The topological polar surface area (TPSA) is 59.7 Å². The lowest BCUT2D eigenvalue weighted by Crippen LogP contribution is -2.03. The lowest BCUT2D eigenvalue weighted by atomic mass is 9.92. The van der Waals surface area contributed by atoms with Crippen LogP contribution in [0.3, 0.4) is 0 Å². The van der Waals surface area contributed by atoms with Crippen LogP contribution in [0.5, 0.6) is 5.75 Å². The molecule has 0 unspecified atom stereocenters. The monoisotopic (exact) mass is 286 g/mol. The van der Waals surface area contributed by atoms with Gasteiger partial charge in [0.15, 0.2) is 0 Å². The van der Waals surface area contributed by atoms with Crippen LogP contribution in [-0.4, -0.2) is 11.1 Å². The van der Waals surface area contributed by atoms with E-state index >= 15 is 0 Å². The Morgan fingerprint density at radius 3 is 2.71 bits per heavy atom. The van der Waals surface area contributed by atoms with Crippen molar-refractivity contribution in [1.82, 2.24) is 0 Å². The zero-order valence-corrected chi connectivity index (χ0v) is 12.0. The molecule has 0 fully saturated rings.